The number of carbonyl (C=O) groups is 1. The maximum atomic E-state index is 12.6. The molecule has 3 rings (SSSR count). The number of rotatable bonds is 7. The second-order valence-corrected chi connectivity index (χ2v) is 6.55. The summed E-state index contributed by atoms with van der Waals surface area (Å²) >= 11 is 0. The minimum Gasteiger partial charge on any atom is -0.484 e. The summed E-state index contributed by atoms with van der Waals surface area (Å²) in [6, 6.07) is 25.8. The fraction of sp³-hybridized carbons (Fsp3) is 0.208. The Morgan fingerprint density at radius 1 is 0.926 bits per heavy atom. The molecule has 0 aromatic heterocycles. The first kappa shape index (κ1) is 18.7. The largest absolute Gasteiger partial charge is 0.484 e. The highest BCUT2D eigenvalue weighted by atomic mass is 16.5. The first-order valence-corrected chi connectivity index (χ1v) is 9.29. The molecule has 3 aromatic carbocycles. The molecule has 3 nitrogen and oxygen atoms in total. The lowest BCUT2D eigenvalue weighted by atomic mass is 9.95. The van der Waals surface area contributed by atoms with E-state index in [0.29, 0.717) is 5.75 Å². The molecule has 3 heteroatoms. The molecule has 0 saturated heterocycles. The first-order valence-electron chi connectivity index (χ1n) is 9.29. The van der Waals surface area contributed by atoms with Gasteiger partial charge in [-0.25, -0.2) is 0 Å². The molecule has 27 heavy (non-hydrogen) atoms. The van der Waals surface area contributed by atoms with Gasteiger partial charge in [0.15, 0.2) is 6.61 Å². The number of hydrogen-bond acceptors (Lipinski definition) is 2. The highest BCUT2D eigenvalue weighted by Crippen LogP contribution is 2.24. The Hall–Kier alpha value is -3.07. The molecule has 0 fully saturated rings. The Morgan fingerprint density at radius 2 is 1.59 bits per heavy atom. The normalized spacial score (nSPS) is 11.6. The summed E-state index contributed by atoms with van der Waals surface area (Å²) in [5.41, 5.74) is 4.52. The van der Waals surface area contributed by atoms with Crippen molar-refractivity contribution >= 4 is 5.91 Å². The lowest BCUT2D eigenvalue weighted by Crippen LogP contribution is -2.33. The smallest absolute Gasteiger partial charge is 0.258 e. The van der Waals surface area contributed by atoms with Crippen molar-refractivity contribution in [2.45, 2.75) is 26.3 Å². The Morgan fingerprint density at radius 3 is 2.26 bits per heavy atom. The maximum absolute atomic E-state index is 12.6. The molecule has 1 atom stereocenters. The van der Waals surface area contributed by atoms with Crippen LogP contribution in [-0.2, 0) is 11.2 Å². The van der Waals surface area contributed by atoms with Crippen LogP contribution in [0.3, 0.4) is 0 Å². The van der Waals surface area contributed by atoms with Gasteiger partial charge in [0, 0.05) is 0 Å². The summed E-state index contributed by atoms with van der Waals surface area (Å²) in [4.78, 5) is 12.6. The van der Waals surface area contributed by atoms with E-state index in [0.717, 1.165) is 23.1 Å². The molecule has 0 aliphatic rings. The third-order valence-electron chi connectivity index (χ3n) is 4.64. The molecule has 1 amide bonds. The molecule has 0 radical (unpaired) electrons. The van der Waals surface area contributed by atoms with Gasteiger partial charge in [-0.2, -0.15) is 0 Å². The predicted molar refractivity (Wildman–Crippen MR) is 109 cm³/mol. The van der Waals surface area contributed by atoms with Gasteiger partial charge >= 0.3 is 0 Å². The molecule has 3 aromatic rings. The van der Waals surface area contributed by atoms with Gasteiger partial charge in [-0.3, -0.25) is 4.79 Å². The second kappa shape index (κ2) is 9.04. The third kappa shape index (κ3) is 4.98. The van der Waals surface area contributed by atoms with Crippen LogP contribution in [0.2, 0.25) is 0 Å². The van der Waals surface area contributed by atoms with Crippen LogP contribution in [0, 0.1) is 6.92 Å². The zero-order chi connectivity index (χ0) is 19.1. The van der Waals surface area contributed by atoms with Crippen molar-refractivity contribution in [2.75, 3.05) is 6.61 Å². The molecule has 138 valence electrons. The van der Waals surface area contributed by atoms with E-state index >= 15 is 0 Å². The summed E-state index contributed by atoms with van der Waals surface area (Å²) in [6.45, 7) is 4.16. The maximum Gasteiger partial charge on any atom is 0.258 e. The highest BCUT2D eigenvalue weighted by molar-refractivity contribution is 5.78. The second-order valence-electron chi connectivity index (χ2n) is 6.55. The van der Waals surface area contributed by atoms with Crippen LogP contribution in [-0.4, -0.2) is 12.5 Å². The van der Waals surface area contributed by atoms with Crippen LogP contribution in [0.1, 0.15) is 35.2 Å². The summed E-state index contributed by atoms with van der Waals surface area (Å²) < 4.78 is 5.66. The van der Waals surface area contributed by atoms with Crippen LogP contribution in [0.25, 0.3) is 0 Å². The van der Waals surface area contributed by atoms with Crippen LogP contribution in [0.4, 0.5) is 0 Å². The van der Waals surface area contributed by atoms with Crippen LogP contribution in [0.5, 0.6) is 5.75 Å². The molecule has 0 saturated carbocycles. The number of aryl methyl sites for hydroxylation is 2. The fourth-order valence-electron chi connectivity index (χ4n) is 3.07. The molecule has 0 aliphatic carbocycles. The van der Waals surface area contributed by atoms with E-state index in [2.05, 4.69) is 31.3 Å². The SMILES string of the molecule is CCc1ccc(OCC(=O)N[C@H](c2ccccc2)c2ccccc2C)cc1. The predicted octanol–water partition coefficient (Wildman–Crippen LogP) is 4.84. The summed E-state index contributed by atoms with van der Waals surface area (Å²) in [6.07, 6.45) is 0.982. The van der Waals surface area contributed by atoms with Crippen molar-refractivity contribution in [3.8, 4) is 5.75 Å². The zero-order valence-corrected chi connectivity index (χ0v) is 15.8. The average molecular weight is 359 g/mol. The number of amides is 1. The molecule has 0 bridgehead atoms. The van der Waals surface area contributed by atoms with Crippen LogP contribution in [0.15, 0.2) is 78.9 Å². The number of benzene rings is 3. The Kier molecular flexibility index (Phi) is 6.26. The zero-order valence-electron chi connectivity index (χ0n) is 15.8. The Balaban J connectivity index is 1.72. The molecule has 0 heterocycles. The lowest BCUT2D eigenvalue weighted by Gasteiger charge is -2.21. The highest BCUT2D eigenvalue weighted by Gasteiger charge is 2.18. The number of nitrogens with one attached hydrogen (secondary N) is 1. The number of hydrogen-bond donors (Lipinski definition) is 1. The molecular weight excluding hydrogens is 334 g/mol. The van der Waals surface area contributed by atoms with E-state index in [1.165, 1.54) is 5.56 Å². The van der Waals surface area contributed by atoms with Gasteiger partial charge in [0.05, 0.1) is 6.04 Å². The fourth-order valence-corrected chi connectivity index (χ4v) is 3.07. The van der Waals surface area contributed by atoms with Crippen LogP contribution < -0.4 is 10.1 Å². The summed E-state index contributed by atoms with van der Waals surface area (Å²) in [7, 11) is 0. The van der Waals surface area contributed by atoms with Gasteiger partial charge in [0.2, 0.25) is 0 Å². The molecular formula is C24H25NO2. The van der Waals surface area contributed by atoms with Crippen molar-refractivity contribution in [3.63, 3.8) is 0 Å². The van der Waals surface area contributed by atoms with Crippen molar-refractivity contribution in [1.29, 1.82) is 0 Å². The van der Waals surface area contributed by atoms with E-state index in [1.54, 1.807) is 0 Å². The first-order chi connectivity index (χ1) is 13.2. The Bertz CT molecular complexity index is 872. The van der Waals surface area contributed by atoms with Crippen molar-refractivity contribution < 1.29 is 9.53 Å². The van der Waals surface area contributed by atoms with Crippen molar-refractivity contribution in [1.82, 2.24) is 5.32 Å². The van der Waals surface area contributed by atoms with E-state index in [9.17, 15) is 4.79 Å². The topological polar surface area (TPSA) is 38.3 Å². The quantitative estimate of drug-likeness (QED) is 0.655. The molecule has 0 spiro atoms. The molecule has 0 aliphatic heterocycles. The van der Waals surface area contributed by atoms with Gasteiger partial charge in [-0.05, 0) is 47.7 Å². The number of ether oxygens (including phenoxy) is 1. The number of carbonyl (C=O) groups excluding carboxylic acids is 1. The van der Waals surface area contributed by atoms with Crippen molar-refractivity contribution in [3.05, 3.63) is 101 Å². The van der Waals surface area contributed by atoms with Crippen LogP contribution >= 0.6 is 0 Å². The average Bonchev–Trinajstić information content (AvgIpc) is 2.72. The molecule has 0 unspecified atom stereocenters. The van der Waals surface area contributed by atoms with E-state index in [4.69, 9.17) is 4.74 Å². The minimum atomic E-state index is -0.203. The summed E-state index contributed by atoms with van der Waals surface area (Å²) in [5.74, 6) is 0.557. The van der Waals surface area contributed by atoms with Gasteiger partial charge in [0.1, 0.15) is 5.75 Å². The van der Waals surface area contributed by atoms with Gasteiger partial charge < -0.3 is 10.1 Å². The van der Waals surface area contributed by atoms with Gasteiger partial charge in [0.25, 0.3) is 5.91 Å². The summed E-state index contributed by atoms with van der Waals surface area (Å²) in [5, 5.41) is 3.12. The minimum absolute atomic E-state index is 0.0132. The van der Waals surface area contributed by atoms with E-state index in [1.807, 2.05) is 66.7 Å². The van der Waals surface area contributed by atoms with Gasteiger partial charge in [-0.1, -0.05) is 73.7 Å². The monoisotopic (exact) mass is 359 g/mol. The standard InChI is InChI=1S/C24H25NO2/c1-3-19-13-15-21(16-14-19)27-17-23(26)25-24(20-10-5-4-6-11-20)22-12-8-7-9-18(22)2/h4-16,24H,3,17H2,1-2H3,(H,25,26)/t24-/m1/s1. The third-order valence-corrected chi connectivity index (χ3v) is 4.64. The van der Waals surface area contributed by atoms with E-state index < -0.39 is 0 Å². The van der Waals surface area contributed by atoms with Crippen molar-refractivity contribution in [2.24, 2.45) is 0 Å². The van der Waals surface area contributed by atoms with E-state index in [-0.39, 0.29) is 18.6 Å². The Labute approximate surface area is 161 Å². The van der Waals surface area contributed by atoms with Gasteiger partial charge in [-0.15, -0.1) is 0 Å². The molecule has 1 N–H and O–H groups in total. The lowest BCUT2D eigenvalue weighted by molar-refractivity contribution is -0.123.